The Morgan fingerprint density at radius 1 is 1.21 bits per heavy atom. The fraction of sp³-hybridized carbons (Fsp3) is 0.280. The normalized spacial score (nSPS) is 18.4. The maximum atomic E-state index is 15.0. The van der Waals surface area contributed by atoms with Gasteiger partial charge in [0, 0.05) is 42.6 Å². The van der Waals surface area contributed by atoms with Crippen LogP contribution in [0, 0.1) is 11.6 Å². The number of aryl methyl sites for hydroxylation is 1. The Bertz CT molecular complexity index is 1360. The number of aliphatic hydroxyl groups is 1. The van der Waals surface area contributed by atoms with Gasteiger partial charge in [0.2, 0.25) is 0 Å². The van der Waals surface area contributed by atoms with Gasteiger partial charge in [0.1, 0.15) is 11.6 Å². The lowest BCUT2D eigenvalue weighted by atomic mass is 10.1. The smallest absolute Gasteiger partial charge is 0.253 e. The zero-order valence-corrected chi connectivity index (χ0v) is 18.5. The minimum atomic E-state index is -0.830. The van der Waals surface area contributed by atoms with Crippen LogP contribution in [-0.4, -0.2) is 50.7 Å². The molecular weight excluding hydrogens is 442 g/mol. The van der Waals surface area contributed by atoms with Crippen molar-refractivity contribution in [3.05, 3.63) is 77.8 Å². The minimum Gasteiger partial charge on any atom is -0.389 e. The van der Waals surface area contributed by atoms with Crippen LogP contribution in [0.3, 0.4) is 0 Å². The van der Waals surface area contributed by atoms with Gasteiger partial charge >= 0.3 is 0 Å². The van der Waals surface area contributed by atoms with E-state index in [1.54, 1.807) is 46.9 Å². The topological polar surface area (TPSA) is 81.3 Å². The molecule has 0 bridgehead atoms. The molecule has 5 rings (SSSR count). The first-order valence-corrected chi connectivity index (χ1v) is 11.0. The fourth-order valence-electron chi connectivity index (χ4n) is 4.36. The Kier molecular flexibility index (Phi) is 5.89. The van der Waals surface area contributed by atoms with Crippen molar-refractivity contribution < 1.29 is 23.4 Å². The van der Waals surface area contributed by atoms with Crippen molar-refractivity contribution in [3.63, 3.8) is 0 Å². The van der Waals surface area contributed by atoms with E-state index in [0.717, 1.165) is 5.56 Å². The van der Waals surface area contributed by atoms with Gasteiger partial charge in [0.05, 0.1) is 42.6 Å². The molecule has 2 atom stereocenters. The summed E-state index contributed by atoms with van der Waals surface area (Å²) in [6.45, 7) is 0.675. The molecule has 1 aliphatic heterocycles. The molecule has 9 heteroatoms. The molecule has 2 aromatic carbocycles. The SMILES string of the molecule is Cn1cc(-c2ccc(Cn3cc(C(=O)N[C@H]4CCOC[C@@H]4O)c4c(F)cccc43)c(F)c2)cn1. The van der Waals surface area contributed by atoms with E-state index in [4.69, 9.17) is 4.74 Å². The van der Waals surface area contributed by atoms with Gasteiger partial charge in [0.15, 0.2) is 0 Å². The maximum absolute atomic E-state index is 15.0. The first-order chi connectivity index (χ1) is 16.4. The number of carbonyl (C=O) groups excluding carboxylic acids is 1. The molecule has 1 saturated heterocycles. The van der Waals surface area contributed by atoms with E-state index in [1.165, 1.54) is 18.3 Å². The Balaban J connectivity index is 1.46. The monoisotopic (exact) mass is 466 g/mol. The van der Waals surface area contributed by atoms with Gasteiger partial charge in [0.25, 0.3) is 5.91 Å². The van der Waals surface area contributed by atoms with E-state index in [1.807, 2.05) is 6.07 Å². The van der Waals surface area contributed by atoms with E-state index in [2.05, 4.69) is 10.4 Å². The van der Waals surface area contributed by atoms with Gasteiger partial charge in [-0.15, -0.1) is 0 Å². The molecular formula is C25H24F2N4O3. The fourth-order valence-corrected chi connectivity index (χ4v) is 4.36. The molecule has 0 unspecified atom stereocenters. The summed E-state index contributed by atoms with van der Waals surface area (Å²) in [5, 5.41) is 17.2. The van der Waals surface area contributed by atoms with E-state index in [9.17, 15) is 18.7 Å². The highest BCUT2D eigenvalue weighted by Gasteiger charge is 2.27. The summed E-state index contributed by atoms with van der Waals surface area (Å²) < 4.78 is 38.3. The summed E-state index contributed by atoms with van der Waals surface area (Å²) in [5.74, 6) is -1.44. The Hall–Kier alpha value is -3.56. The molecule has 0 spiro atoms. The van der Waals surface area contributed by atoms with Crippen LogP contribution in [0.1, 0.15) is 22.3 Å². The van der Waals surface area contributed by atoms with E-state index >= 15 is 0 Å². The lowest BCUT2D eigenvalue weighted by molar-refractivity contribution is -0.0260. The van der Waals surface area contributed by atoms with Crippen molar-refractivity contribution in [1.29, 1.82) is 0 Å². The van der Waals surface area contributed by atoms with Crippen LogP contribution >= 0.6 is 0 Å². The second kappa shape index (κ2) is 9.00. The van der Waals surface area contributed by atoms with Gasteiger partial charge < -0.3 is 19.7 Å². The van der Waals surface area contributed by atoms with Crippen LogP contribution in [-0.2, 0) is 18.3 Å². The van der Waals surface area contributed by atoms with E-state index in [-0.39, 0.29) is 24.1 Å². The number of ether oxygens (including phenoxy) is 1. The third-order valence-corrected chi connectivity index (χ3v) is 6.17. The number of nitrogens with one attached hydrogen (secondary N) is 1. The number of rotatable bonds is 5. The third kappa shape index (κ3) is 4.20. The lowest BCUT2D eigenvalue weighted by Gasteiger charge is -2.28. The number of nitrogens with zero attached hydrogens (tertiary/aromatic N) is 3. The highest BCUT2D eigenvalue weighted by Crippen LogP contribution is 2.27. The first-order valence-electron chi connectivity index (χ1n) is 11.0. The van der Waals surface area contributed by atoms with Gasteiger partial charge in [-0.1, -0.05) is 18.2 Å². The van der Waals surface area contributed by atoms with Crippen molar-refractivity contribution in [2.24, 2.45) is 7.05 Å². The van der Waals surface area contributed by atoms with Crippen molar-refractivity contribution in [2.45, 2.75) is 25.1 Å². The Morgan fingerprint density at radius 3 is 2.79 bits per heavy atom. The summed E-state index contributed by atoms with van der Waals surface area (Å²) in [6.07, 6.45) is 4.63. The second-order valence-corrected chi connectivity index (χ2v) is 8.52. The average molecular weight is 466 g/mol. The van der Waals surface area contributed by atoms with Crippen LogP contribution < -0.4 is 5.32 Å². The van der Waals surface area contributed by atoms with E-state index in [0.29, 0.717) is 29.7 Å². The number of aromatic nitrogens is 3. The molecule has 0 radical (unpaired) electrons. The number of hydrogen-bond acceptors (Lipinski definition) is 4. The summed E-state index contributed by atoms with van der Waals surface area (Å²) in [4.78, 5) is 13.0. The van der Waals surface area contributed by atoms with Crippen LogP contribution in [0.5, 0.6) is 0 Å². The highest BCUT2D eigenvalue weighted by atomic mass is 19.1. The largest absolute Gasteiger partial charge is 0.389 e. The minimum absolute atomic E-state index is 0.117. The van der Waals surface area contributed by atoms with Gasteiger partial charge in [-0.3, -0.25) is 9.48 Å². The number of aliphatic hydroxyl groups excluding tert-OH is 1. The number of carbonyl (C=O) groups is 1. The molecule has 2 aromatic heterocycles. The highest BCUT2D eigenvalue weighted by molar-refractivity contribution is 6.07. The maximum Gasteiger partial charge on any atom is 0.253 e. The molecule has 4 aromatic rings. The summed E-state index contributed by atoms with van der Waals surface area (Å²) in [7, 11) is 1.79. The molecule has 1 amide bonds. The predicted octanol–water partition coefficient (Wildman–Crippen LogP) is 3.25. The lowest BCUT2D eigenvalue weighted by Crippen LogP contribution is -2.48. The third-order valence-electron chi connectivity index (χ3n) is 6.17. The summed E-state index contributed by atoms with van der Waals surface area (Å²) >= 11 is 0. The number of fused-ring (bicyclic) bond motifs is 1. The molecule has 2 N–H and O–H groups in total. The zero-order valence-electron chi connectivity index (χ0n) is 18.5. The van der Waals surface area contributed by atoms with E-state index < -0.39 is 29.7 Å². The predicted molar refractivity (Wildman–Crippen MR) is 122 cm³/mol. The Labute approximate surface area is 194 Å². The number of hydrogen-bond donors (Lipinski definition) is 2. The Morgan fingerprint density at radius 2 is 2.06 bits per heavy atom. The summed E-state index contributed by atoms with van der Waals surface area (Å²) in [5.41, 5.74) is 2.52. The van der Waals surface area contributed by atoms with Gasteiger partial charge in [-0.05, 0) is 30.2 Å². The molecule has 176 valence electrons. The molecule has 34 heavy (non-hydrogen) atoms. The standard InChI is InChI=1S/C25H24F2N4O3/c1-30-11-17(10-28-30)15-5-6-16(20(27)9-15)12-31-13-18(24-19(26)3-2-4-22(24)31)25(33)29-21-7-8-34-14-23(21)32/h2-6,9-11,13,21,23,32H,7-8,12,14H2,1H3,(H,29,33)/t21-,23-/m0/s1. The van der Waals surface area contributed by atoms with Crippen molar-refractivity contribution in [2.75, 3.05) is 13.2 Å². The first kappa shape index (κ1) is 22.2. The summed E-state index contributed by atoms with van der Waals surface area (Å²) in [6, 6.07) is 8.99. The van der Waals surface area contributed by atoms with Crippen molar-refractivity contribution >= 4 is 16.8 Å². The quantitative estimate of drug-likeness (QED) is 0.473. The number of halogens is 2. The van der Waals surface area contributed by atoms with Crippen LogP contribution in [0.2, 0.25) is 0 Å². The number of amides is 1. The molecule has 0 saturated carbocycles. The van der Waals surface area contributed by atoms with Gasteiger partial charge in [-0.2, -0.15) is 5.10 Å². The molecule has 1 fully saturated rings. The van der Waals surface area contributed by atoms with Crippen molar-refractivity contribution in [3.8, 4) is 11.1 Å². The van der Waals surface area contributed by atoms with Crippen LogP contribution in [0.4, 0.5) is 8.78 Å². The second-order valence-electron chi connectivity index (χ2n) is 8.52. The number of benzene rings is 2. The molecule has 7 nitrogen and oxygen atoms in total. The van der Waals surface area contributed by atoms with Crippen LogP contribution in [0.25, 0.3) is 22.0 Å². The molecule has 3 heterocycles. The van der Waals surface area contributed by atoms with Crippen LogP contribution in [0.15, 0.2) is 55.0 Å². The van der Waals surface area contributed by atoms with Gasteiger partial charge in [-0.25, -0.2) is 8.78 Å². The average Bonchev–Trinajstić information content (AvgIpc) is 3.41. The van der Waals surface area contributed by atoms with Crippen molar-refractivity contribution in [1.82, 2.24) is 19.7 Å². The molecule has 0 aliphatic carbocycles. The zero-order chi connectivity index (χ0) is 23.8. The molecule has 1 aliphatic rings.